The molecule has 0 spiro atoms. The van der Waals surface area contributed by atoms with Crippen LogP contribution in [0.1, 0.15) is 5.69 Å². The number of nitrogens with one attached hydrogen (secondary N) is 2. The normalized spacial score (nSPS) is 16.8. The van der Waals surface area contributed by atoms with Crippen LogP contribution in [-0.4, -0.2) is 29.1 Å². The Labute approximate surface area is 75.6 Å². The molecule has 0 radical (unpaired) electrons. The molecule has 2 heterocycles. The molecule has 1 aromatic heterocycles. The predicted octanol–water partition coefficient (Wildman–Crippen LogP) is 0.308. The zero-order valence-corrected chi connectivity index (χ0v) is 7.34. The van der Waals surface area contributed by atoms with Crippen LogP contribution in [0.2, 0.25) is 0 Å². The fourth-order valence-electron chi connectivity index (χ4n) is 1.14. The number of nitrogens with zero attached hydrogens (tertiary/aromatic N) is 2. The number of halogens is 1. The van der Waals surface area contributed by atoms with Crippen LogP contribution in [0.4, 0.5) is 10.2 Å². The maximum Gasteiger partial charge on any atom is 0.186 e. The van der Waals surface area contributed by atoms with Gasteiger partial charge in [0.15, 0.2) is 11.6 Å². The van der Waals surface area contributed by atoms with Crippen LogP contribution in [0.15, 0.2) is 6.33 Å². The Morgan fingerprint density at radius 2 is 2.31 bits per heavy atom. The smallest absolute Gasteiger partial charge is 0.186 e. The molecule has 13 heavy (non-hydrogen) atoms. The van der Waals surface area contributed by atoms with Crippen molar-refractivity contribution in [1.29, 1.82) is 0 Å². The Morgan fingerprint density at radius 1 is 1.54 bits per heavy atom. The second kappa shape index (κ2) is 3.26. The van der Waals surface area contributed by atoms with Crippen LogP contribution in [0.25, 0.3) is 0 Å². The minimum Gasteiger partial charge on any atom is -0.362 e. The van der Waals surface area contributed by atoms with Crippen LogP contribution in [0.5, 0.6) is 0 Å². The first-order valence-corrected chi connectivity index (χ1v) is 4.21. The van der Waals surface area contributed by atoms with E-state index in [4.69, 9.17) is 0 Å². The lowest BCUT2D eigenvalue weighted by Crippen LogP contribution is -2.51. The zero-order chi connectivity index (χ0) is 9.26. The number of rotatable bonds is 2. The van der Waals surface area contributed by atoms with E-state index in [0.29, 0.717) is 17.6 Å². The van der Waals surface area contributed by atoms with Crippen molar-refractivity contribution in [3.63, 3.8) is 0 Å². The highest BCUT2D eigenvalue weighted by Crippen LogP contribution is 2.13. The molecule has 1 fully saturated rings. The van der Waals surface area contributed by atoms with Gasteiger partial charge in [-0.25, -0.2) is 14.4 Å². The Bertz CT molecular complexity index is 311. The summed E-state index contributed by atoms with van der Waals surface area (Å²) in [6.07, 6.45) is 1.37. The van der Waals surface area contributed by atoms with Crippen molar-refractivity contribution in [2.24, 2.45) is 0 Å². The molecule has 0 aromatic carbocycles. The molecule has 70 valence electrons. The zero-order valence-electron chi connectivity index (χ0n) is 7.34. The number of anilines is 1. The molecule has 1 aliphatic rings. The van der Waals surface area contributed by atoms with Crippen LogP contribution in [0, 0.1) is 12.7 Å². The second-order valence-electron chi connectivity index (χ2n) is 3.12. The van der Waals surface area contributed by atoms with E-state index < -0.39 is 0 Å². The average molecular weight is 182 g/mol. The van der Waals surface area contributed by atoms with Crippen molar-refractivity contribution in [3.05, 3.63) is 17.8 Å². The van der Waals surface area contributed by atoms with Gasteiger partial charge in [0, 0.05) is 13.1 Å². The van der Waals surface area contributed by atoms with Crippen molar-refractivity contribution in [2.75, 3.05) is 18.4 Å². The largest absolute Gasteiger partial charge is 0.362 e. The van der Waals surface area contributed by atoms with Gasteiger partial charge in [-0.1, -0.05) is 0 Å². The van der Waals surface area contributed by atoms with Gasteiger partial charge in [-0.15, -0.1) is 0 Å². The van der Waals surface area contributed by atoms with E-state index in [2.05, 4.69) is 20.6 Å². The molecule has 1 aromatic rings. The Balaban J connectivity index is 2.14. The topological polar surface area (TPSA) is 49.8 Å². The van der Waals surface area contributed by atoms with Gasteiger partial charge in [0.25, 0.3) is 0 Å². The van der Waals surface area contributed by atoms with Crippen molar-refractivity contribution in [2.45, 2.75) is 13.0 Å². The van der Waals surface area contributed by atoms with Gasteiger partial charge in [0.2, 0.25) is 0 Å². The molecule has 0 amide bonds. The third-order valence-corrected chi connectivity index (χ3v) is 2.09. The summed E-state index contributed by atoms with van der Waals surface area (Å²) in [4.78, 5) is 7.58. The predicted molar refractivity (Wildman–Crippen MR) is 47.0 cm³/mol. The maximum atomic E-state index is 13.3. The first-order valence-electron chi connectivity index (χ1n) is 4.21. The summed E-state index contributed by atoms with van der Waals surface area (Å²) >= 11 is 0. The van der Waals surface area contributed by atoms with Gasteiger partial charge in [0.05, 0.1) is 11.7 Å². The number of aryl methyl sites for hydroxylation is 1. The SMILES string of the molecule is Cc1ncnc(NC2CNC2)c1F. The number of hydrogen-bond acceptors (Lipinski definition) is 4. The lowest BCUT2D eigenvalue weighted by atomic mass is 10.2. The van der Waals surface area contributed by atoms with E-state index in [1.165, 1.54) is 6.33 Å². The fraction of sp³-hybridized carbons (Fsp3) is 0.500. The fourth-order valence-corrected chi connectivity index (χ4v) is 1.14. The van der Waals surface area contributed by atoms with Crippen molar-refractivity contribution >= 4 is 5.82 Å². The summed E-state index contributed by atoms with van der Waals surface area (Å²) in [5, 5.41) is 6.09. The average Bonchev–Trinajstić information content (AvgIpc) is 2.04. The van der Waals surface area contributed by atoms with Gasteiger partial charge < -0.3 is 10.6 Å². The summed E-state index contributed by atoms with van der Waals surface area (Å²) < 4.78 is 13.3. The van der Waals surface area contributed by atoms with E-state index in [1.54, 1.807) is 6.92 Å². The molecule has 1 saturated heterocycles. The molecule has 0 atom stereocenters. The molecule has 5 heteroatoms. The third kappa shape index (κ3) is 1.60. The number of hydrogen-bond donors (Lipinski definition) is 2. The van der Waals surface area contributed by atoms with Gasteiger partial charge in [-0.05, 0) is 6.92 Å². The molecule has 0 saturated carbocycles. The Kier molecular flexibility index (Phi) is 2.10. The summed E-state index contributed by atoms with van der Waals surface area (Å²) in [5.41, 5.74) is 0.379. The van der Waals surface area contributed by atoms with E-state index in [9.17, 15) is 4.39 Å². The number of aromatic nitrogens is 2. The molecular weight excluding hydrogens is 171 g/mol. The molecule has 2 rings (SSSR count). The summed E-state index contributed by atoms with van der Waals surface area (Å²) in [7, 11) is 0. The summed E-state index contributed by atoms with van der Waals surface area (Å²) in [6.45, 7) is 3.35. The standard InChI is InChI=1S/C8H11FN4/c1-5-7(9)8(12-4-11-5)13-6-2-10-3-6/h4,6,10H,2-3H2,1H3,(H,11,12,13). The van der Waals surface area contributed by atoms with Crippen LogP contribution in [0.3, 0.4) is 0 Å². The van der Waals surface area contributed by atoms with E-state index in [0.717, 1.165) is 13.1 Å². The van der Waals surface area contributed by atoms with Crippen molar-refractivity contribution in [1.82, 2.24) is 15.3 Å². The van der Waals surface area contributed by atoms with Gasteiger partial charge in [-0.2, -0.15) is 0 Å². The lowest BCUT2D eigenvalue weighted by Gasteiger charge is -2.28. The van der Waals surface area contributed by atoms with Gasteiger partial charge in [0.1, 0.15) is 6.33 Å². The summed E-state index contributed by atoms with van der Waals surface area (Å²) in [6, 6.07) is 0.295. The van der Waals surface area contributed by atoms with E-state index in [1.807, 2.05) is 0 Å². The highest BCUT2D eigenvalue weighted by atomic mass is 19.1. The molecular formula is C8H11FN4. The van der Waals surface area contributed by atoms with Crippen molar-refractivity contribution in [3.8, 4) is 0 Å². The lowest BCUT2D eigenvalue weighted by molar-refractivity contribution is 0.467. The molecule has 2 N–H and O–H groups in total. The summed E-state index contributed by atoms with van der Waals surface area (Å²) in [5.74, 6) is -0.0478. The van der Waals surface area contributed by atoms with Crippen LogP contribution < -0.4 is 10.6 Å². The van der Waals surface area contributed by atoms with Gasteiger partial charge >= 0.3 is 0 Å². The quantitative estimate of drug-likeness (QED) is 0.691. The van der Waals surface area contributed by atoms with Crippen molar-refractivity contribution < 1.29 is 4.39 Å². The van der Waals surface area contributed by atoms with Crippen LogP contribution >= 0.6 is 0 Å². The van der Waals surface area contributed by atoms with Crippen LogP contribution in [-0.2, 0) is 0 Å². The minimum absolute atomic E-state index is 0.295. The molecule has 0 unspecified atom stereocenters. The first-order chi connectivity index (χ1) is 6.27. The molecule has 4 nitrogen and oxygen atoms in total. The van der Waals surface area contributed by atoms with Gasteiger partial charge in [-0.3, -0.25) is 0 Å². The molecule has 0 bridgehead atoms. The highest BCUT2D eigenvalue weighted by Gasteiger charge is 2.18. The highest BCUT2D eigenvalue weighted by molar-refractivity contribution is 5.38. The third-order valence-electron chi connectivity index (χ3n) is 2.09. The molecule has 1 aliphatic heterocycles. The van der Waals surface area contributed by atoms with E-state index >= 15 is 0 Å². The monoisotopic (exact) mass is 182 g/mol. The first kappa shape index (κ1) is 8.37. The second-order valence-corrected chi connectivity index (χ2v) is 3.12. The maximum absolute atomic E-state index is 13.3. The van der Waals surface area contributed by atoms with E-state index in [-0.39, 0.29) is 5.82 Å². The Hall–Kier alpha value is -1.23. The minimum atomic E-state index is -0.352. The Morgan fingerprint density at radius 3 is 2.92 bits per heavy atom. The molecule has 0 aliphatic carbocycles.